The van der Waals surface area contributed by atoms with E-state index in [9.17, 15) is 4.39 Å². The molecule has 2 N–H and O–H groups in total. The molecule has 0 atom stereocenters. The van der Waals surface area contributed by atoms with Crippen LogP contribution in [0.2, 0.25) is 0 Å². The molecule has 0 aliphatic rings. The Morgan fingerprint density at radius 2 is 1.89 bits per heavy atom. The monoisotopic (exact) mass is 258 g/mol. The molecule has 0 fully saturated rings. The van der Waals surface area contributed by atoms with Gasteiger partial charge in [0.15, 0.2) is 0 Å². The summed E-state index contributed by atoms with van der Waals surface area (Å²) in [7, 11) is 0. The topological polar surface area (TPSA) is 29.3 Å². The number of halogens is 1. The molecule has 0 aliphatic carbocycles. The number of para-hydroxylation sites is 1. The summed E-state index contributed by atoms with van der Waals surface area (Å²) in [5.41, 5.74) is 9.44. The quantitative estimate of drug-likeness (QED) is 0.846. The molecule has 100 valence electrons. The normalized spacial score (nSPS) is 10.5. The van der Waals surface area contributed by atoms with Crippen LogP contribution in [0.15, 0.2) is 42.5 Å². The van der Waals surface area contributed by atoms with Crippen LogP contribution in [0.25, 0.3) is 0 Å². The standard InChI is InChI=1S/C16H19FN2/c1-3-19(16-7-5-4-6-12(16)2)11-13-8-14(17)10-15(18)9-13/h4-10H,3,11,18H2,1-2H3. The van der Waals surface area contributed by atoms with Gasteiger partial charge in [-0.25, -0.2) is 4.39 Å². The van der Waals surface area contributed by atoms with Crippen molar-refractivity contribution in [3.8, 4) is 0 Å². The van der Waals surface area contributed by atoms with Crippen molar-refractivity contribution < 1.29 is 4.39 Å². The number of benzene rings is 2. The Hall–Kier alpha value is -2.03. The third-order valence-electron chi connectivity index (χ3n) is 3.19. The van der Waals surface area contributed by atoms with Gasteiger partial charge < -0.3 is 10.6 Å². The molecule has 2 nitrogen and oxygen atoms in total. The minimum atomic E-state index is -0.282. The highest BCUT2D eigenvalue weighted by Gasteiger charge is 2.08. The van der Waals surface area contributed by atoms with Gasteiger partial charge in [0.05, 0.1) is 0 Å². The number of hydrogen-bond acceptors (Lipinski definition) is 2. The minimum Gasteiger partial charge on any atom is -0.399 e. The van der Waals surface area contributed by atoms with Crippen LogP contribution in [0, 0.1) is 12.7 Å². The zero-order valence-electron chi connectivity index (χ0n) is 11.4. The molecular formula is C16H19FN2. The molecule has 0 saturated carbocycles. The third-order valence-corrected chi connectivity index (χ3v) is 3.19. The van der Waals surface area contributed by atoms with E-state index in [1.807, 2.05) is 18.2 Å². The predicted molar refractivity (Wildman–Crippen MR) is 78.7 cm³/mol. The van der Waals surface area contributed by atoms with Gasteiger partial charge in [-0.3, -0.25) is 0 Å². The fourth-order valence-electron chi connectivity index (χ4n) is 2.27. The highest BCUT2D eigenvalue weighted by Crippen LogP contribution is 2.22. The first-order chi connectivity index (χ1) is 9.10. The summed E-state index contributed by atoms with van der Waals surface area (Å²) >= 11 is 0. The van der Waals surface area contributed by atoms with E-state index in [0.29, 0.717) is 12.2 Å². The summed E-state index contributed by atoms with van der Waals surface area (Å²) in [5, 5.41) is 0. The maximum absolute atomic E-state index is 13.4. The maximum atomic E-state index is 13.4. The van der Waals surface area contributed by atoms with Gasteiger partial charge in [0.25, 0.3) is 0 Å². The molecule has 0 amide bonds. The molecule has 0 heterocycles. The van der Waals surface area contributed by atoms with Crippen LogP contribution in [0.4, 0.5) is 15.8 Å². The van der Waals surface area contributed by atoms with Crippen molar-refractivity contribution in [3.63, 3.8) is 0 Å². The van der Waals surface area contributed by atoms with Crippen molar-refractivity contribution in [1.29, 1.82) is 0 Å². The van der Waals surface area contributed by atoms with Crippen molar-refractivity contribution in [2.24, 2.45) is 0 Å². The molecule has 0 aliphatic heterocycles. The van der Waals surface area contributed by atoms with Crippen LogP contribution in [0.1, 0.15) is 18.1 Å². The molecule has 2 aromatic carbocycles. The van der Waals surface area contributed by atoms with Crippen LogP contribution in [-0.2, 0) is 6.54 Å². The second-order valence-electron chi connectivity index (χ2n) is 4.69. The summed E-state index contributed by atoms with van der Waals surface area (Å²) in [6.45, 7) is 5.69. The van der Waals surface area contributed by atoms with E-state index in [1.165, 1.54) is 23.4 Å². The molecule has 0 saturated heterocycles. The molecule has 0 spiro atoms. The van der Waals surface area contributed by atoms with Gasteiger partial charge in [0, 0.05) is 24.5 Å². The van der Waals surface area contributed by atoms with Crippen molar-refractivity contribution in [2.45, 2.75) is 20.4 Å². The fourth-order valence-corrected chi connectivity index (χ4v) is 2.27. The van der Waals surface area contributed by atoms with E-state index in [-0.39, 0.29) is 5.82 Å². The van der Waals surface area contributed by atoms with E-state index in [1.54, 1.807) is 0 Å². The molecular weight excluding hydrogens is 239 g/mol. The molecule has 3 heteroatoms. The first-order valence-electron chi connectivity index (χ1n) is 6.45. The largest absolute Gasteiger partial charge is 0.399 e. The Balaban J connectivity index is 2.26. The van der Waals surface area contributed by atoms with Crippen molar-refractivity contribution in [3.05, 3.63) is 59.4 Å². The second-order valence-corrected chi connectivity index (χ2v) is 4.69. The lowest BCUT2D eigenvalue weighted by Crippen LogP contribution is -2.22. The molecule has 2 rings (SSSR count). The first-order valence-corrected chi connectivity index (χ1v) is 6.45. The highest BCUT2D eigenvalue weighted by molar-refractivity contribution is 5.54. The summed E-state index contributed by atoms with van der Waals surface area (Å²) in [4.78, 5) is 2.21. The van der Waals surface area contributed by atoms with Crippen LogP contribution < -0.4 is 10.6 Å². The summed E-state index contributed by atoms with van der Waals surface area (Å²) in [5.74, 6) is -0.282. The first kappa shape index (κ1) is 13.4. The number of nitrogen functional groups attached to an aromatic ring is 1. The molecule has 0 bridgehead atoms. The van der Waals surface area contributed by atoms with Gasteiger partial charge in [-0.1, -0.05) is 18.2 Å². The SMILES string of the molecule is CCN(Cc1cc(N)cc(F)c1)c1ccccc1C. The average Bonchev–Trinajstić information content (AvgIpc) is 2.36. The van der Waals surface area contributed by atoms with Crippen molar-refractivity contribution in [2.75, 3.05) is 17.2 Å². The molecule has 2 aromatic rings. The van der Waals surface area contributed by atoms with E-state index in [2.05, 4.69) is 30.9 Å². The number of hydrogen-bond donors (Lipinski definition) is 1. The summed E-state index contributed by atoms with van der Waals surface area (Å²) < 4.78 is 13.4. The number of nitrogens with two attached hydrogens (primary N) is 1. The lowest BCUT2D eigenvalue weighted by atomic mass is 10.1. The van der Waals surface area contributed by atoms with Gasteiger partial charge in [-0.15, -0.1) is 0 Å². The predicted octanol–water partition coefficient (Wildman–Crippen LogP) is 3.74. The van der Waals surface area contributed by atoms with Crippen molar-refractivity contribution >= 4 is 11.4 Å². The molecule has 19 heavy (non-hydrogen) atoms. The summed E-state index contributed by atoms with van der Waals surface area (Å²) in [6.07, 6.45) is 0. The number of rotatable bonds is 4. The number of anilines is 2. The Bertz CT molecular complexity index is 546. The molecule has 0 radical (unpaired) electrons. The Morgan fingerprint density at radius 3 is 2.53 bits per heavy atom. The van der Waals surface area contributed by atoms with Gasteiger partial charge in [-0.2, -0.15) is 0 Å². The second kappa shape index (κ2) is 5.74. The Kier molecular flexibility index (Phi) is 4.05. The smallest absolute Gasteiger partial charge is 0.125 e. The van der Waals surface area contributed by atoms with E-state index in [0.717, 1.165) is 12.1 Å². The van der Waals surface area contributed by atoms with Crippen molar-refractivity contribution in [1.82, 2.24) is 0 Å². The number of aryl methyl sites for hydroxylation is 1. The maximum Gasteiger partial charge on any atom is 0.125 e. The van der Waals surface area contributed by atoms with Crippen LogP contribution in [0.5, 0.6) is 0 Å². The highest BCUT2D eigenvalue weighted by atomic mass is 19.1. The zero-order valence-corrected chi connectivity index (χ0v) is 11.4. The van der Waals surface area contributed by atoms with Gasteiger partial charge in [-0.05, 0) is 49.2 Å². The van der Waals surface area contributed by atoms with E-state index < -0.39 is 0 Å². The van der Waals surface area contributed by atoms with Gasteiger partial charge in [0.2, 0.25) is 0 Å². The summed E-state index contributed by atoms with van der Waals surface area (Å²) in [6, 6.07) is 12.9. The van der Waals surface area contributed by atoms with E-state index >= 15 is 0 Å². The fraction of sp³-hybridized carbons (Fsp3) is 0.250. The molecule has 0 aromatic heterocycles. The van der Waals surface area contributed by atoms with Crippen LogP contribution in [0.3, 0.4) is 0 Å². The molecule has 0 unspecified atom stereocenters. The zero-order chi connectivity index (χ0) is 13.8. The van der Waals surface area contributed by atoms with Gasteiger partial charge in [0.1, 0.15) is 5.82 Å². The average molecular weight is 258 g/mol. The van der Waals surface area contributed by atoms with Crippen LogP contribution >= 0.6 is 0 Å². The Morgan fingerprint density at radius 1 is 1.16 bits per heavy atom. The van der Waals surface area contributed by atoms with E-state index in [4.69, 9.17) is 5.73 Å². The van der Waals surface area contributed by atoms with Gasteiger partial charge >= 0.3 is 0 Å². The lowest BCUT2D eigenvalue weighted by molar-refractivity contribution is 0.625. The number of nitrogens with zero attached hydrogens (tertiary/aromatic N) is 1. The van der Waals surface area contributed by atoms with Crippen LogP contribution in [-0.4, -0.2) is 6.54 Å². The lowest BCUT2D eigenvalue weighted by Gasteiger charge is -2.25. The third kappa shape index (κ3) is 3.25. The minimum absolute atomic E-state index is 0.282. The Labute approximate surface area is 113 Å².